The number of imidazole rings is 1. The number of nitrogen functional groups attached to an aromatic ring is 1. The van der Waals surface area contributed by atoms with Gasteiger partial charge in [0, 0.05) is 7.05 Å². The molecule has 0 aliphatic carbocycles. The fourth-order valence-corrected chi connectivity index (χ4v) is 1.24. The van der Waals surface area contributed by atoms with Crippen molar-refractivity contribution in [1.82, 2.24) is 14.5 Å². The molecule has 2 heterocycles. The third-order valence-corrected chi connectivity index (χ3v) is 2.08. The van der Waals surface area contributed by atoms with E-state index in [9.17, 15) is 4.79 Å². The van der Waals surface area contributed by atoms with Gasteiger partial charge in [-0.05, 0) is 12.1 Å². The van der Waals surface area contributed by atoms with E-state index in [0.29, 0.717) is 17.2 Å². The Hall–Kier alpha value is -2.37. The smallest absolute Gasteiger partial charge is 0.275 e. The molecule has 0 saturated carbocycles. The molecule has 82 valence electrons. The van der Waals surface area contributed by atoms with Gasteiger partial charge in [0.1, 0.15) is 11.5 Å². The molecule has 0 atom stereocenters. The lowest BCUT2D eigenvalue weighted by Gasteiger charge is -2.04. The first kappa shape index (κ1) is 10.2. The van der Waals surface area contributed by atoms with E-state index in [0.717, 1.165) is 0 Å². The van der Waals surface area contributed by atoms with Gasteiger partial charge in [-0.1, -0.05) is 0 Å². The normalized spacial score (nSPS) is 10.1. The average molecular weight is 217 g/mol. The minimum absolute atomic E-state index is 0.253. The van der Waals surface area contributed by atoms with Gasteiger partial charge in [0.05, 0.1) is 24.4 Å². The Balaban J connectivity index is 2.14. The highest BCUT2D eigenvalue weighted by atomic mass is 16.2. The second-order valence-electron chi connectivity index (χ2n) is 3.32. The highest BCUT2D eigenvalue weighted by Crippen LogP contribution is 2.07. The Morgan fingerprint density at radius 1 is 1.44 bits per heavy atom. The first-order chi connectivity index (χ1) is 7.66. The molecule has 16 heavy (non-hydrogen) atoms. The SMILES string of the molecule is Cn1cncc1C(=O)Nc1ccc(N)cn1. The summed E-state index contributed by atoms with van der Waals surface area (Å²) in [6.07, 6.45) is 4.54. The number of carbonyl (C=O) groups excluding carboxylic acids is 1. The van der Waals surface area contributed by atoms with E-state index >= 15 is 0 Å². The minimum Gasteiger partial charge on any atom is -0.397 e. The molecule has 0 spiro atoms. The predicted molar refractivity (Wildman–Crippen MR) is 59.8 cm³/mol. The standard InChI is InChI=1S/C10H11N5O/c1-15-6-12-5-8(15)10(16)14-9-3-2-7(11)4-13-9/h2-6H,11H2,1H3,(H,13,14,16). The molecule has 0 bridgehead atoms. The molecule has 2 aromatic heterocycles. The second-order valence-corrected chi connectivity index (χ2v) is 3.32. The zero-order chi connectivity index (χ0) is 11.5. The highest BCUT2D eigenvalue weighted by molar-refractivity contribution is 6.02. The van der Waals surface area contributed by atoms with Gasteiger partial charge in [-0.3, -0.25) is 4.79 Å². The molecule has 0 aromatic carbocycles. The van der Waals surface area contributed by atoms with Crippen molar-refractivity contribution in [3.63, 3.8) is 0 Å². The van der Waals surface area contributed by atoms with Gasteiger partial charge in [0.25, 0.3) is 5.91 Å². The van der Waals surface area contributed by atoms with Gasteiger partial charge in [-0.2, -0.15) is 0 Å². The van der Waals surface area contributed by atoms with Crippen molar-refractivity contribution in [3.05, 3.63) is 36.5 Å². The van der Waals surface area contributed by atoms with Gasteiger partial charge >= 0.3 is 0 Å². The predicted octanol–water partition coefficient (Wildman–Crippen LogP) is 0.650. The van der Waals surface area contributed by atoms with Crippen molar-refractivity contribution < 1.29 is 4.79 Å². The summed E-state index contributed by atoms with van der Waals surface area (Å²) in [6.45, 7) is 0. The quantitative estimate of drug-likeness (QED) is 0.773. The molecule has 3 N–H and O–H groups in total. The fraction of sp³-hybridized carbons (Fsp3) is 0.100. The van der Waals surface area contributed by atoms with Crippen LogP contribution in [0.5, 0.6) is 0 Å². The summed E-state index contributed by atoms with van der Waals surface area (Å²) >= 11 is 0. The van der Waals surface area contributed by atoms with Crippen LogP contribution in [0.2, 0.25) is 0 Å². The molecule has 6 nitrogen and oxygen atoms in total. The monoisotopic (exact) mass is 217 g/mol. The summed E-state index contributed by atoms with van der Waals surface area (Å²) in [6, 6.07) is 3.31. The number of aryl methyl sites for hydroxylation is 1. The maximum absolute atomic E-state index is 11.7. The van der Waals surface area contributed by atoms with Crippen LogP contribution in [-0.2, 0) is 7.05 Å². The van der Waals surface area contributed by atoms with E-state index in [-0.39, 0.29) is 5.91 Å². The highest BCUT2D eigenvalue weighted by Gasteiger charge is 2.09. The maximum Gasteiger partial charge on any atom is 0.275 e. The number of hydrogen-bond donors (Lipinski definition) is 2. The molecule has 0 radical (unpaired) electrons. The number of nitrogens with one attached hydrogen (secondary N) is 1. The topological polar surface area (TPSA) is 85.8 Å². The zero-order valence-electron chi connectivity index (χ0n) is 8.71. The van der Waals surface area contributed by atoms with Gasteiger partial charge in [-0.25, -0.2) is 9.97 Å². The summed E-state index contributed by atoms with van der Waals surface area (Å²) in [5, 5.41) is 2.65. The van der Waals surface area contributed by atoms with Crippen LogP contribution < -0.4 is 11.1 Å². The first-order valence-corrected chi connectivity index (χ1v) is 4.66. The molecule has 0 aliphatic rings. The number of aromatic nitrogens is 3. The Morgan fingerprint density at radius 2 is 2.25 bits per heavy atom. The van der Waals surface area contributed by atoms with Crippen molar-refractivity contribution in [1.29, 1.82) is 0 Å². The molecule has 0 aliphatic heterocycles. The van der Waals surface area contributed by atoms with E-state index in [2.05, 4.69) is 15.3 Å². The second kappa shape index (κ2) is 4.01. The summed E-state index contributed by atoms with van der Waals surface area (Å²) in [4.78, 5) is 19.6. The minimum atomic E-state index is -0.253. The van der Waals surface area contributed by atoms with Crippen molar-refractivity contribution >= 4 is 17.4 Å². The van der Waals surface area contributed by atoms with Crippen LogP contribution in [0.3, 0.4) is 0 Å². The van der Waals surface area contributed by atoms with E-state index in [1.165, 1.54) is 12.4 Å². The van der Waals surface area contributed by atoms with Crippen molar-refractivity contribution in [2.24, 2.45) is 7.05 Å². The Labute approximate surface area is 92.1 Å². The van der Waals surface area contributed by atoms with E-state index in [1.54, 1.807) is 30.1 Å². The number of rotatable bonds is 2. The maximum atomic E-state index is 11.7. The largest absolute Gasteiger partial charge is 0.397 e. The zero-order valence-corrected chi connectivity index (χ0v) is 8.71. The van der Waals surface area contributed by atoms with Crippen molar-refractivity contribution in [3.8, 4) is 0 Å². The first-order valence-electron chi connectivity index (χ1n) is 4.66. The molecule has 2 aromatic rings. The number of nitrogens with zero attached hydrogens (tertiary/aromatic N) is 3. The van der Waals surface area contributed by atoms with Crippen LogP contribution >= 0.6 is 0 Å². The van der Waals surface area contributed by atoms with E-state index in [4.69, 9.17) is 5.73 Å². The molecule has 0 fully saturated rings. The third kappa shape index (κ3) is 2.00. The molecule has 2 rings (SSSR count). The van der Waals surface area contributed by atoms with E-state index in [1.807, 2.05) is 0 Å². The van der Waals surface area contributed by atoms with Gasteiger partial charge < -0.3 is 15.6 Å². The Bertz CT molecular complexity index is 502. The van der Waals surface area contributed by atoms with Crippen LogP contribution in [-0.4, -0.2) is 20.4 Å². The molecule has 1 amide bonds. The van der Waals surface area contributed by atoms with Crippen LogP contribution in [0.25, 0.3) is 0 Å². The molecular weight excluding hydrogens is 206 g/mol. The van der Waals surface area contributed by atoms with E-state index < -0.39 is 0 Å². The summed E-state index contributed by atoms with van der Waals surface area (Å²) < 4.78 is 1.63. The number of nitrogens with two attached hydrogens (primary N) is 1. The lowest BCUT2D eigenvalue weighted by Crippen LogP contribution is -2.16. The average Bonchev–Trinajstić information content (AvgIpc) is 2.68. The van der Waals surface area contributed by atoms with Crippen molar-refractivity contribution in [2.75, 3.05) is 11.1 Å². The molecule has 0 unspecified atom stereocenters. The Kier molecular flexibility index (Phi) is 2.55. The lowest BCUT2D eigenvalue weighted by molar-refractivity contribution is 0.101. The lowest BCUT2D eigenvalue weighted by atomic mass is 10.4. The summed E-state index contributed by atoms with van der Waals surface area (Å²) in [5.41, 5.74) is 6.51. The van der Waals surface area contributed by atoms with Crippen LogP contribution in [0, 0.1) is 0 Å². The Morgan fingerprint density at radius 3 is 2.81 bits per heavy atom. The number of amides is 1. The number of anilines is 2. The van der Waals surface area contributed by atoms with Crippen LogP contribution in [0.1, 0.15) is 10.5 Å². The molecule has 0 saturated heterocycles. The van der Waals surface area contributed by atoms with Crippen molar-refractivity contribution in [2.45, 2.75) is 0 Å². The summed E-state index contributed by atoms with van der Waals surface area (Å²) in [5.74, 6) is 0.206. The van der Waals surface area contributed by atoms with Gasteiger partial charge in [-0.15, -0.1) is 0 Å². The number of hydrogen-bond acceptors (Lipinski definition) is 4. The molecular formula is C10H11N5O. The fourth-order valence-electron chi connectivity index (χ4n) is 1.24. The summed E-state index contributed by atoms with van der Waals surface area (Å²) in [7, 11) is 1.75. The van der Waals surface area contributed by atoms with Gasteiger partial charge in [0.15, 0.2) is 0 Å². The van der Waals surface area contributed by atoms with Gasteiger partial charge in [0.2, 0.25) is 0 Å². The molecule has 6 heteroatoms. The van der Waals surface area contributed by atoms with Crippen LogP contribution in [0.15, 0.2) is 30.9 Å². The third-order valence-electron chi connectivity index (χ3n) is 2.08. The number of carbonyl (C=O) groups is 1. The van der Waals surface area contributed by atoms with Crippen LogP contribution in [0.4, 0.5) is 11.5 Å². The number of pyridine rings is 1.